The number of phenolic OH excluding ortho intramolecular Hbond substituents is 1. The molecule has 3 heterocycles. The average molecular weight is 449 g/mol. The number of aromatic amines is 1. The lowest BCUT2D eigenvalue weighted by Gasteiger charge is -2.24. The van der Waals surface area contributed by atoms with Crippen molar-refractivity contribution in [2.45, 2.75) is 18.8 Å². The molecule has 2 aromatic carbocycles. The molecule has 0 spiro atoms. The molecule has 0 radical (unpaired) electrons. The van der Waals surface area contributed by atoms with Gasteiger partial charge in [0.25, 0.3) is 0 Å². The predicted octanol–water partition coefficient (Wildman–Crippen LogP) is 4.79. The molecule has 162 valence electrons. The minimum absolute atomic E-state index is 0.0517. The number of carbonyl (C=O) groups excluding carboxylic acids is 1. The fourth-order valence-electron chi connectivity index (χ4n) is 3.84. The van der Waals surface area contributed by atoms with E-state index >= 15 is 0 Å². The fraction of sp³-hybridized carbons (Fsp3) is 0.167. The maximum Gasteiger partial charge on any atom is 0.234 e. The quantitative estimate of drug-likeness (QED) is 0.460. The summed E-state index contributed by atoms with van der Waals surface area (Å²) < 4.78 is 15.5. The van der Waals surface area contributed by atoms with Gasteiger partial charge in [-0.25, -0.2) is 9.07 Å². The molecule has 1 aliphatic heterocycles. The number of rotatable bonds is 5. The van der Waals surface area contributed by atoms with E-state index < -0.39 is 0 Å². The lowest BCUT2D eigenvalue weighted by atomic mass is 10.1. The third-order valence-corrected chi connectivity index (χ3v) is 6.76. The zero-order valence-corrected chi connectivity index (χ0v) is 18.1. The minimum Gasteiger partial charge on any atom is -0.508 e. The maximum absolute atomic E-state index is 13.8. The molecule has 4 aromatic rings. The van der Waals surface area contributed by atoms with Crippen LogP contribution in [0, 0.1) is 12.7 Å². The van der Waals surface area contributed by atoms with Crippen molar-refractivity contribution in [1.29, 1.82) is 0 Å². The number of aromatic hydroxyl groups is 1. The highest BCUT2D eigenvalue weighted by Crippen LogP contribution is 2.43. The summed E-state index contributed by atoms with van der Waals surface area (Å²) in [6.07, 6.45) is 3.75. The number of aromatic nitrogens is 3. The topological polar surface area (TPSA) is 74.2 Å². The summed E-state index contributed by atoms with van der Waals surface area (Å²) in [7, 11) is 0. The van der Waals surface area contributed by atoms with Crippen molar-refractivity contribution in [1.82, 2.24) is 19.7 Å². The molecule has 6 nitrogen and oxygen atoms in total. The molecular weight excluding hydrogens is 427 g/mol. The zero-order valence-electron chi connectivity index (χ0n) is 17.3. The number of phenols is 1. The molecule has 1 atom stereocenters. The second kappa shape index (κ2) is 8.20. The van der Waals surface area contributed by atoms with Crippen molar-refractivity contribution in [2.75, 3.05) is 5.75 Å². The lowest BCUT2D eigenvalue weighted by molar-refractivity contribution is -0.128. The number of hydrogen-bond donors (Lipinski definition) is 2. The van der Waals surface area contributed by atoms with E-state index in [1.165, 1.54) is 6.07 Å². The van der Waals surface area contributed by atoms with Gasteiger partial charge in [-0.3, -0.25) is 4.79 Å². The Morgan fingerprint density at radius 1 is 1.22 bits per heavy atom. The summed E-state index contributed by atoms with van der Waals surface area (Å²) in [5.41, 5.74) is 4.74. The Bertz CT molecular complexity index is 1270. The van der Waals surface area contributed by atoms with Crippen molar-refractivity contribution in [2.24, 2.45) is 0 Å². The Labute approximate surface area is 188 Å². The van der Waals surface area contributed by atoms with Crippen LogP contribution < -0.4 is 0 Å². The highest BCUT2D eigenvalue weighted by molar-refractivity contribution is 8.00. The van der Waals surface area contributed by atoms with Gasteiger partial charge in [0.2, 0.25) is 5.91 Å². The Morgan fingerprint density at radius 2 is 2.03 bits per heavy atom. The first-order valence-electron chi connectivity index (χ1n) is 10.2. The van der Waals surface area contributed by atoms with Crippen molar-refractivity contribution in [3.63, 3.8) is 0 Å². The van der Waals surface area contributed by atoms with Crippen LogP contribution in [0.3, 0.4) is 0 Å². The largest absolute Gasteiger partial charge is 0.508 e. The van der Waals surface area contributed by atoms with Crippen molar-refractivity contribution >= 4 is 17.7 Å². The van der Waals surface area contributed by atoms with Crippen LogP contribution in [0.25, 0.3) is 17.1 Å². The van der Waals surface area contributed by atoms with Crippen LogP contribution in [-0.2, 0) is 11.3 Å². The lowest BCUT2D eigenvalue weighted by Crippen LogP contribution is -2.27. The van der Waals surface area contributed by atoms with E-state index in [-0.39, 0.29) is 22.8 Å². The summed E-state index contributed by atoms with van der Waals surface area (Å²) >= 11 is 1.56. The van der Waals surface area contributed by atoms with Gasteiger partial charge in [-0.05, 0) is 60.5 Å². The van der Waals surface area contributed by atoms with E-state index in [9.17, 15) is 14.3 Å². The number of halogens is 1. The molecule has 0 bridgehead atoms. The first-order chi connectivity index (χ1) is 15.5. The molecule has 1 unspecified atom stereocenters. The smallest absolute Gasteiger partial charge is 0.234 e. The number of nitrogens with one attached hydrogen (secondary N) is 1. The van der Waals surface area contributed by atoms with E-state index in [0.29, 0.717) is 17.9 Å². The predicted molar refractivity (Wildman–Crippen MR) is 122 cm³/mol. The van der Waals surface area contributed by atoms with Crippen LogP contribution >= 0.6 is 11.8 Å². The van der Waals surface area contributed by atoms with Crippen LogP contribution in [0.2, 0.25) is 0 Å². The Hall–Kier alpha value is -3.52. The van der Waals surface area contributed by atoms with Gasteiger partial charge in [0.15, 0.2) is 0 Å². The highest BCUT2D eigenvalue weighted by atomic mass is 32.2. The molecule has 2 aromatic heterocycles. The van der Waals surface area contributed by atoms with Crippen LogP contribution in [0.1, 0.15) is 22.1 Å². The fourth-order valence-corrected chi connectivity index (χ4v) is 5.03. The van der Waals surface area contributed by atoms with Crippen molar-refractivity contribution in [3.05, 3.63) is 89.5 Å². The van der Waals surface area contributed by atoms with Gasteiger partial charge in [0, 0.05) is 24.5 Å². The molecule has 1 fully saturated rings. The summed E-state index contributed by atoms with van der Waals surface area (Å²) in [5.74, 6) is 0.365. The van der Waals surface area contributed by atoms with Crippen LogP contribution in [0.15, 0.2) is 67.0 Å². The molecule has 1 aliphatic rings. The first-order valence-corrected chi connectivity index (χ1v) is 11.2. The average Bonchev–Trinajstić information content (AvgIpc) is 3.52. The van der Waals surface area contributed by atoms with Gasteiger partial charge in [-0.2, -0.15) is 5.10 Å². The third-order valence-electron chi connectivity index (χ3n) is 5.53. The Morgan fingerprint density at radius 3 is 2.75 bits per heavy atom. The van der Waals surface area contributed by atoms with E-state index in [2.05, 4.69) is 4.98 Å². The van der Waals surface area contributed by atoms with Crippen molar-refractivity contribution in [3.8, 4) is 22.8 Å². The minimum atomic E-state index is -0.261. The van der Waals surface area contributed by atoms with E-state index in [4.69, 9.17) is 5.10 Å². The number of benzene rings is 2. The van der Waals surface area contributed by atoms with E-state index in [1.54, 1.807) is 47.6 Å². The number of thioether (sulfide) groups is 1. The Kier molecular flexibility index (Phi) is 5.22. The summed E-state index contributed by atoms with van der Waals surface area (Å²) in [6.45, 7) is 2.15. The standard InChI is InChI=1S/C24H21FN4O2S/c1-15-11-17(6-9-20(15)25)29-13-19(23(27-29)21-3-2-10-26-21)24-28(22(31)14-32-24)12-16-4-7-18(30)8-5-16/h2-11,13,24,26,30H,12,14H2,1H3. The molecule has 1 saturated heterocycles. The van der Waals surface area contributed by atoms with E-state index in [1.807, 2.05) is 41.6 Å². The molecular formula is C24H21FN4O2S. The molecule has 5 rings (SSSR count). The molecule has 0 aliphatic carbocycles. The summed E-state index contributed by atoms with van der Waals surface area (Å²) in [4.78, 5) is 17.8. The number of hydrogen-bond acceptors (Lipinski definition) is 4. The monoisotopic (exact) mass is 448 g/mol. The van der Waals surface area contributed by atoms with E-state index in [0.717, 1.165) is 28.2 Å². The summed E-state index contributed by atoms with van der Waals surface area (Å²) in [5, 5.41) is 14.1. The molecule has 32 heavy (non-hydrogen) atoms. The first kappa shape index (κ1) is 20.4. The SMILES string of the molecule is Cc1cc(-n2cc(C3SCC(=O)N3Cc3ccc(O)cc3)c(-c3ccc[nH]3)n2)ccc1F. The second-order valence-electron chi connectivity index (χ2n) is 7.75. The van der Waals surface area contributed by atoms with Gasteiger partial charge >= 0.3 is 0 Å². The normalized spacial score (nSPS) is 16.1. The van der Waals surface area contributed by atoms with Gasteiger partial charge in [-0.15, -0.1) is 11.8 Å². The third kappa shape index (κ3) is 3.78. The summed E-state index contributed by atoms with van der Waals surface area (Å²) in [6, 6.07) is 15.6. The molecule has 0 saturated carbocycles. The number of carbonyl (C=O) groups is 1. The van der Waals surface area contributed by atoms with Gasteiger partial charge in [0.1, 0.15) is 22.6 Å². The van der Waals surface area contributed by atoms with Crippen LogP contribution in [0.5, 0.6) is 5.75 Å². The molecule has 1 amide bonds. The number of H-pyrrole nitrogens is 1. The van der Waals surface area contributed by atoms with Crippen molar-refractivity contribution < 1.29 is 14.3 Å². The van der Waals surface area contributed by atoms with Crippen LogP contribution in [-0.4, -0.2) is 36.4 Å². The molecule has 2 N–H and O–H groups in total. The van der Waals surface area contributed by atoms with Crippen LogP contribution in [0.4, 0.5) is 4.39 Å². The number of aryl methyl sites for hydroxylation is 1. The number of amides is 1. The molecule has 8 heteroatoms. The highest BCUT2D eigenvalue weighted by Gasteiger charge is 2.36. The second-order valence-corrected chi connectivity index (χ2v) is 8.81. The Balaban J connectivity index is 1.56. The van der Waals surface area contributed by atoms with Gasteiger partial charge < -0.3 is 15.0 Å². The maximum atomic E-state index is 13.8. The van der Waals surface area contributed by atoms with Gasteiger partial charge in [-0.1, -0.05) is 12.1 Å². The number of nitrogens with zero attached hydrogens (tertiary/aromatic N) is 3. The zero-order chi connectivity index (χ0) is 22.2. The van der Waals surface area contributed by atoms with Gasteiger partial charge in [0.05, 0.1) is 17.1 Å².